The van der Waals surface area contributed by atoms with Gasteiger partial charge in [0.05, 0.1) is 0 Å². The molecule has 2 aromatic rings. The predicted octanol–water partition coefficient (Wildman–Crippen LogP) is 5.11. The Morgan fingerprint density at radius 3 is 2.19 bits per heavy atom. The van der Waals surface area contributed by atoms with Gasteiger partial charge in [-0.15, -0.1) is 0 Å². The first-order chi connectivity index (χ1) is 9.97. The van der Waals surface area contributed by atoms with Gasteiger partial charge in [-0.25, -0.2) is 4.39 Å². The SMILES string of the molecule is CC(C)NCc1ccc(F)cc1-c1ccc(C(C)C)cc1. The van der Waals surface area contributed by atoms with Crippen LogP contribution in [0.25, 0.3) is 11.1 Å². The summed E-state index contributed by atoms with van der Waals surface area (Å²) in [6.07, 6.45) is 0. The van der Waals surface area contributed by atoms with Crippen LogP contribution >= 0.6 is 0 Å². The number of halogens is 1. The number of hydrogen-bond acceptors (Lipinski definition) is 1. The van der Waals surface area contributed by atoms with E-state index in [0.29, 0.717) is 12.0 Å². The number of nitrogens with one attached hydrogen (secondary N) is 1. The number of rotatable bonds is 5. The summed E-state index contributed by atoms with van der Waals surface area (Å²) in [5, 5.41) is 3.40. The van der Waals surface area contributed by atoms with Gasteiger partial charge in [0.25, 0.3) is 0 Å². The molecule has 0 amide bonds. The first-order valence-corrected chi connectivity index (χ1v) is 7.59. The van der Waals surface area contributed by atoms with Crippen molar-refractivity contribution in [3.63, 3.8) is 0 Å². The minimum absolute atomic E-state index is 0.189. The van der Waals surface area contributed by atoms with Crippen LogP contribution in [0.3, 0.4) is 0 Å². The molecule has 112 valence electrons. The Labute approximate surface area is 127 Å². The molecule has 0 fully saturated rings. The molecule has 0 bridgehead atoms. The minimum atomic E-state index is -0.189. The fourth-order valence-corrected chi connectivity index (χ4v) is 2.33. The van der Waals surface area contributed by atoms with Crippen molar-refractivity contribution in [3.8, 4) is 11.1 Å². The lowest BCUT2D eigenvalue weighted by Crippen LogP contribution is -2.22. The Hall–Kier alpha value is -1.67. The molecule has 0 heterocycles. The normalized spacial score (nSPS) is 11.4. The summed E-state index contributed by atoms with van der Waals surface area (Å²) >= 11 is 0. The van der Waals surface area contributed by atoms with Crippen molar-refractivity contribution >= 4 is 0 Å². The maximum absolute atomic E-state index is 13.6. The second kappa shape index (κ2) is 6.86. The Kier molecular flexibility index (Phi) is 5.13. The van der Waals surface area contributed by atoms with Gasteiger partial charge in [0.2, 0.25) is 0 Å². The summed E-state index contributed by atoms with van der Waals surface area (Å²) in [4.78, 5) is 0. The van der Waals surface area contributed by atoms with Gasteiger partial charge in [-0.1, -0.05) is 58.0 Å². The molecular formula is C19H24FN. The Balaban J connectivity index is 2.34. The fraction of sp³-hybridized carbons (Fsp3) is 0.368. The molecule has 1 N–H and O–H groups in total. The van der Waals surface area contributed by atoms with Crippen molar-refractivity contribution in [2.75, 3.05) is 0 Å². The van der Waals surface area contributed by atoms with E-state index in [1.165, 1.54) is 11.6 Å². The Bertz CT molecular complexity index is 585. The number of hydrogen-bond donors (Lipinski definition) is 1. The van der Waals surface area contributed by atoms with Gasteiger partial charge in [-0.3, -0.25) is 0 Å². The van der Waals surface area contributed by atoms with Crippen molar-refractivity contribution in [3.05, 3.63) is 59.4 Å². The maximum atomic E-state index is 13.6. The van der Waals surface area contributed by atoms with Crippen LogP contribution in [0.2, 0.25) is 0 Å². The van der Waals surface area contributed by atoms with Crippen LogP contribution in [-0.2, 0) is 6.54 Å². The van der Waals surface area contributed by atoms with Gasteiger partial charge in [-0.2, -0.15) is 0 Å². The molecule has 0 aliphatic carbocycles. The number of benzene rings is 2. The summed E-state index contributed by atoms with van der Waals surface area (Å²) in [6, 6.07) is 13.9. The van der Waals surface area contributed by atoms with E-state index in [1.54, 1.807) is 6.07 Å². The van der Waals surface area contributed by atoms with Gasteiger partial charge < -0.3 is 5.32 Å². The molecule has 0 unspecified atom stereocenters. The Morgan fingerprint density at radius 2 is 1.62 bits per heavy atom. The molecule has 0 spiro atoms. The zero-order valence-corrected chi connectivity index (χ0v) is 13.3. The smallest absolute Gasteiger partial charge is 0.123 e. The minimum Gasteiger partial charge on any atom is -0.310 e. The van der Waals surface area contributed by atoms with Crippen molar-refractivity contribution in [1.29, 1.82) is 0 Å². The zero-order valence-electron chi connectivity index (χ0n) is 13.3. The summed E-state index contributed by atoms with van der Waals surface area (Å²) < 4.78 is 13.6. The molecule has 0 radical (unpaired) electrons. The highest BCUT2D eigenvalue weighted by molar-refractivity contribution is 5.67. The highest BCUT2D eigenvalue weighted by Crippen LogP contribution is 2.27. The van der Waals surface area contributed by atoms with Crippen molar-refractivity contribution in [1.82, 2.24) is 5.32 Å². The van der Waals surface area contributed by atoms with Gasteiger partial charge in [-0.05, 0) is 40.3 Å². The molecule has 0 aliphatic heterocycles. The van der Waals surface area contributed by atoms with E-state index >= 15 is 0 Å². The molecule has 2 heteroatoms. The van der Waals surface area contributed by atoms with Gasteiger partial charge in [0.15, 0.2) is 0 Å². The van der Waals surface area contributed by atoms with Crippen molar-refractivity contribution in [2.45, 2.75) is 46.2 Å². The van der Waals surface area contributed by atoms with E-state index in [2.05, 4.69) is 57.3 Å². The van der Waals surface area contributed by atoms with Gasteiger partial charge in [0.1, 0.15) is 5.82 Å². The van der Waals surface area contributed by atoms with E-state index in [-0.39, 0.29) is 5.82 Å². The molecule has 0 atom stereocenters. The topological polar surface area (TPSA) is 12.0 Å². The first-order valence-electron chi connectivity index (χ1n) is 7.59. The average Bonchev–Trinajstić information content (AvgIpc) is 2.46. The van der Waals surface area contributed by atoms with Crippen LogP contribution in [0.4, 0.5) is 4.39 Å². The van der Waals surface area contributed by atoms with E-state index in [1.807, 2.05) is 6.07 Å². The van der Waals surface area contributed by atoms with Gasteiger partial charge in [0, 0.05) is 12.6 Å². The lowest BCUT2D eigenvalue weighted by atomic mass is 9.96. The van der Waals surface area contributed by atoms with Crippen LogP contribution < -0.4 is 5.32 Å². The lowest BCUT2D eigenvalue weighted by molar-refractivity contribution is 0.587. The highest BCUT2D eigenvalue weighted by atomic mass is 19.1. The molecular weight excluding hydrogens is 261 g/mol. The summed E-state index contributed by atoms with van der Waals surface area (Å²) in [6.45, 7) is 9.32. The van der Waals surface area contributed by atoms with E-state index < -0.39 is 0 Å². The molecule has 0 saturated carbocycles. The second-order valence-electron chi connectivity index (χ2n) is 6.11. The maximum Gasteiger partial charge on any atom is 0.123 e. The third-order valence-electron chi connectivity index (χ3n) is 3.66. The van der Waals surface area contributed by atoms with Crippen LogP contribution in [0.15, 0.2) is 42.5 Å². The van der Waals surface area contributed by atoms with Crippen LogP contribution in [0, 0.1) is 5.82 Å². The van der Waals surface area contributed by atoms with Gasteiger partial charge >= 0.3 is 0 Å². The summed E-state index contributed by atoms with van der Waals surface area (Å²) in [5.41, 5.74) is 4.47. The third kappa shape index (κ3) is 4.15. The molecule has 21 heavy (non-hydrogen) atoms. The lowest BCUT2D eigenvalue weighted by Gasteiger charge is -2.14. The first kappa shape index (κ1) is 15.7. The van der Waals surface area contributed by atoms with E-state index in [4.69, 9.17) is 0 Å². The molecule has 2 aromatic carbocycles. The third-order valence-corrected chi connectivity index (χ3v) is 3.66. The molecule has 0 aromatic heterocycles. The second-order valence-corrected chi connectivity index (χ2v) is 6.11. The quantitative estimate of drug-likeness (QED) is 0.804. The van der Waals surface area contributed by atoms with E-state index in [9.17, 15) is 4.39 Å². The Morgan fingerprint density at radius 1 is 0.952 bits per heavy atom. The molecule has 0 aliphatic rings. The fourth-order valence-electron chi connectivity index (χ4n) is 2.33. The zero-order chi connectivity index (χ0) is 15.4. The monoisotopic (exact) mass is 285 g/mol. The van der Waals surface area contributed by atoms with Crippen molar-refractivity contribution < 1.29 is 4.39 Å². The molecule has 0 saturated heterocycles. The van der Waals surface area contributed by atoms with Crippen molar-refractivity contribution in [2.24, 2.45) is 0 Å². The standard InChI is InChI=1S/C19H24FN/c1-13(2)15-5-7-16(8-6-15)19-11-18(20)10-9-17(19)12-21-14(3)4/h5-11,13-14,21H,12H2,1-4H3. The van der Waals surface area contributed by atoms with E-state index in [0.717, 1.165) is 23.2 Å². The highest BCUT2D eigenvalue weighted by Gasteiger charge is 2.08. The predicted molar refractivity (Wildman–Crippen MR) is 87.9 cm³/mol. The molecule has 1 nitrogen and oxygen atoms in total. The molecule has 2 rings (SSSR count). The van der Waals surface area contributed by atoms with Crippen LogP contribution in [0.1, 0.15) is 44.7 Å². The van der Waals surface area contributed by atoms with Crippen LogP contribution in [0.5, 0.6) is 0 Å². The summed E-state index contributed by atoms with van der Waals surface area (Å²) in [5.74, 6) is 0.319. The largest absolute Gasteiger partial charge is 0.310 e. The average molecular weight is 285 g/mol. The summed E-state index contributed by atoms with van der Waals surface area (Å²) in [7, 11) is 0. The van der Waals surface area contributed by atoms with Crippen LogP contribution in [-0.4, -0.2) is 6.04 Å².